The van der Waals surface area contributed by atoms with Crippen LogP contribution in [-0.4, -0.2) is 34.7 Å². The Balaban J connectivity index is 0.000000548. The lowest BCUT2D eigenvalue weighted by atomic mass is 10.1. The Hall–Kier alpha value is -3.80. The Bertz CT molecular complexity index is 1110. The number of rotatable bonds is 10. The number of phenolic OH excluding ortho intramolecular Hbond substituents is 1. The quantitative estimate of drug-likeness (QED) is 0.201. The molecule has 0 aliphatic rings. The Morgan fingerprint density at radius 3 is 1.92 bits per heavy atom. The molecule has 0 amide bonds. The van der Waals surface area contributed by atoms with E-state index in [0.29, 0.717) is 24.6 Å². The molecule has 4 N–H and O–H groups in total. The van der Waals surface area contributed by atoms with Gasteiger partial charge in [-0.1, -0.05) is 106 Å². The number of nitrogens with two attached hydrogens (primary N) is 1. The van der Waals surface area contributed by atoms with E-state index in [2.05, 4.69) is 11.8 Å². The first-order chi connectivity index (χ1) is 18.5. The summed E-state index contributed by atoms with van der Waals surface area (Å²) in [4.78, 5) is 2.20. The van der Waals surface area contributed by atoms with Crippen molar-refractivity contribution in [2.75, 3.05) is 25.4 Å². The molecule has 0 saturated heterocycles. The maximum Gasteiger partial charge on any atom is 0.142 e. The van der Waals surface area contributed by atoms with Crippen molar-refractivity contribution in [1.29, 1.82) is 0 Å². The molecule has 202 valence electrons. The number of aromatic hydroxyl groups is 1. The minimum absolute atomic E-state index is 0.273. The Labute approximate surface area is 228 Å². The third-order valence-corrected chi connectivity index (χ3v) is 5.85. The molecule has 0 radical (unpaired) electrons. The number of anilines is 1. The number of ether oxygens (including phenoxy) is 1. The van der Waals surface area contributed by atoms with Crippen LogP contribution in [0.25, 0.3) is 0 Å². The van der Waals surface area contributed by atoms with E-state index in [1.54, 1.807) is 18.2 Å². The van der Waals surface area contributed by atoms with Gasteiger partial charge in [-0.3, -0.25) is 0 Å². The van der Waals surface area contributed by atoms with Crippen LogP contribution < -0.4 is 10.5 Å². The molecule has 1 atom stereocenters. The predicted molar refractivity (Wildman–Crippen MR) is 158 cm³/mol. The zero-order chi connectivity index (χ0) is 27.6. The van der Waals surface area contributed by atoms with Crippen molar-refractivity contribution < 1.29 is 14.9 Å². The molecule has 4 aromatic rings. The lowest BCUT2D eigenvalue weighted by Crippen LogP contribution is -2.30. The summed E-state index contributed by atoms with van der Waals surface area (Å²) in [7, 11) is 0. The van der Waals surface area contributed by atoms with Crippen LogP contribution in [0.2, 0.25) is 0 Å². The molecule has 0 bridgehead atoms. The molecule has 0 heterocycles. The summed E-state index contributed by atoms with van der Waals surface area (Å²) in [5.74, 6) is 0.893. The van der Waals surface area contributed by atoms with Gasteiger partial charge in [-0.15, -0.1) is 0 Å². The van der Waals surface area contributed by atoms with Gasteiger partial charge in [0.15, 0.2) is 0 Å². The molecule has 5 heteroatoms. The lowest BCUT2D eigenvalue weighted by Gasteiger charge is -2.24. The highest BCUT2D eigenvalue weighted by molar-refractivity contribution is 5.54. The number of benzene rings is 4. The average Bonchev–Trinajstić information content (AvgIpc) is 2.98. The topological polar surface area (TPSA) is 79.0 Å². The molecule has 4 aromatic carbocycles. The van der Waals surface area contributed by atoms with Crippen LogP contribution in [0.3, 0.4) is 0 Å². The maximum atomic E-state index is 10.7. The van der Waals surface area contributed by atoms with Gasteiger partial charge in [-0.25, -0.2) is 0 Å². The first kappa shape index (κ1) is 30.4. The molecular weight excluding hydrogens is 472 g/mol. The summed E-state index contributed by atoms with van der Waals surface area (Å²) in [6.45, 7) is 8.72. The maximum absolute atomic E-state index is 10.7. The monoisotopic (exact) mass is 514 g/mol. The summed E-state index contributed by atoms with van der Waals surface area (Å²) in [6, 6.07) is 34.7. The van der Waals surface area contributed by atoms with Gasteiger partial charge in [-0.2, -0.15) is 0 Å². The minimum atomic E-state index is -0.629. The third kappa shape index (κ3) is 11.1. The van der Waals surface area contributed by atoms with E-state index in [4.69, 9.17) is 10.5 Å². The molecule has 38 heavy (non-hydrogen) atoms. The number of nitrogens with zero attached hydrogens (tertiary/aromatic N) is 1. The van der Waals surface area contributed by atoms with Crippen molar-refractivity contribution >= 4 is 5.69 Å². The van der Waals surface area contributed by atoms with E-state index < -0.39 is 6.10 Å². The molecule has 0 fully saturated rings. The summed E-state index contributed by atoms with van der Waals surface area (Å²) < 4.78 is 5.82. The van der Waals surface area contributed by atoms with Crippen molar-refractivity contribution in [2.45, 2.75) is 39.9 Å². The van der Waals surface area contributed by atoms with Crippen LogP contribution in [0.4, 0.5) is 5.69 Å². The van der Waals surface area contributed by atoms with Crippen LogP contribution in [0.5, 0.6) is 11.5 Å². The lowest BCUT2D eigenvalue weighted by molar-refractivity contribution is 0.116. The number of hydrogen-bond donors (Lipinski definition) is 3. The van der Waals surface area contributed by atoms with Gasteiger partial charge in [0, 0.05) is 13.1 Å². The fourth-order valence-electron chi connectivity index (χ4n) is 3.70. The first-order valence-corrected chi connectivity index (χ1v) is 13.3. The van der Waals surface area contributed by atoms with Crippen molar-refractivity contribution in [1.82, 2.24) is 4.90 Å². The van der Waals surface area contributed by atoms with Gasteiger partial charge in [0.1, 0.15) is 18.1 Å². The van der Waals surface area contributed by atoms with Crippen LogP contribution in [0, 0.1) is 0 Å². The molecule has 4 rings (SSSR count). The average molecular weight is 515 g/mol. The summed E-state index contributed by atoms with van der Waals surface area (Å²) in [5, 5.41) is 20.1. The number of phenols is 1. The highest BCUT2D eigenvalue weighted by Crippen LogP contribution is 2.27. The first-order valence-electron chi connectivity index (χ1n) is 13.3. The zero-order valence-corrected chi connectivity index (χ0v) is 22.8. The fourth-order valence-corrected chi connectivity index (χ4v) is 3.70. The van der Waals surface area contributed by atoms with Gasteiger partial charge in [0.25, 0.3) is 0 Å². The molecular formula is C33H42N2O3. The second kappa shape index (κ2) is 17.6. The van der Waals surface area contributed by atoms with Crippen molar-refractivity contribution in [3.63, 3.8) is 0 Å². The normalized spacial score (nSPS) is 11.0. The number of likely N-dealkylation sites (N-methyl/N-ethyl adjacent to an activating group) is 1. The van der Waals surface area contributed by atoms with Crippen molar-refractivity contribution in [2.24, 2.45) is 0 Å². The largest absolute Gasteiger partial charge is 0.508 e. The van der Waals surface area contributed by atoms with Gasteiger partial charge in [0.2, 0.25) is 0 Å². The molecule has 1 unspecified atom stereocenters. The van der Waals surface area contributed by atoms with Crippen LogP contribution >= 0.6 is 0 Å². The van der Waals surface area contributed by atoms with E-state index in [1.165, 1.54) is 0 Å². The van der Waals surface area contributed by atoms with E-state index in [0.717, 1.165) is 36.2 Å². The highest BCUT2D eigenvalue weighted by Gasteiger charge is 2.14. The van der Waals surface area contributed by atoms with E-state index in [1.807, 2.05) is 105 Å². The Morgan fingerprint density at radius 1 is 0.789 bits per heavy atom. The van der Waals surface area contributed by atoms with Gasteiger partial charge in [0.05, 0.1) is 11.8 Å². The van der Waals surface area contributed by atoms with E-state index >= 15 is 0 Å². The molecule has 5 nitrogen and oxygen atoms in total. The van der Waals surface area contributed by atoms with Crippen molar-refractivity contribution in [3.05, 3.63) is 126 Å². The van der Waals surface area contributed by atoms with E-state index in [9.17, 15) is 10.2 Å². The third-order valence-electron chi connectivity index (χ3n) is 5.85. The predicted octanol–water partition coefficient (Wildman–Crippen LogP) is 6.86. The number of hydrogen-bond acceptors (Lipinski definition) is 5. The molecule has 0 aromatic heterocycles. The molecule has 0 spiro atoms. The summed E-state index contributed by atoms with van der Waals surface area (Å²) in [6.07, 6.45) is 0.227. The highest BCUT2D eigenvalue weighted by atomic mass is 16.5. The van der Waals surface area contributed by atoms with Gasteiger partial charge in [-0.05, 0) is 53.9 Å². The van der Waals surface area contributed by atoms with Crippen LogP contribution in [0.1, 0.15) is 43.6 Å². The second-order valence-electron chi connectivity index (χ2n) is 8.55. The van der Waals surface area contributed by atoms with Gasteiger partial charge >= 0.3 is 0 Å². The van der Waals surface area contributed by atoms with Gasteiger partial charge < -0.3 is 25.6 Å². The molecule has 0 saturated carbocycles. The zero-order valence-electron chi connectivity index (χ0n) is 22.8. The number of aliphatic hydroxyl groups excluding tert-OH is 1. The molecule has 0 aliphatic carbocycles. The Morgan fingerprint density at radius 2 is 1.37 bits per heavy atom. The number of aliphatic hydroxyl groups is 1. The standard InChI is InChI=1S/C25H30N2O3.C6H6.C2H6/c1-2-27(15-14-19-8-11-22(28)12-9-19)17-24(29)21-10-13-25(23(26)16-21)30-18-20-6-4-3-5-7-20;1-2-4-6-5-3-1;1-2/h3-13,16,24,28-29H,2,14-15,17-18,26H2,1H3;1-6H;1-2H3. The molecule has 0 aliphatic heterocycles. The SMILES string of the molecule is CC.CCN(CCc1ccc(O)cc1)CC(O)c1ccc(OCc2ccccc2)c(N)c1.c1ccccc1. The van der Waals surface area contributed by atoms with Crippen molar-refractivity contribution in [3.8, 4) is 11.5 Å². The fraction of sp³-hybridized carbons (Fsp3) is 0.273. The number of nitrogen functional groups attached to an aromatic ring is 1. The van der Waals surface area contributed by atoms with E-state index in [-0.39, 0.29) is 5.75 Å². The summed E-state index contributed by atoms with van der Waals surface area (Å²) >= 11 is 0. The van der Waals surface area contributed by atoms with Crippen LogP contribution in [-0.2, 0) is 13.0 Å². The smallest absolute Gasteiger partial charge is 0.142 e. The summed E-state index contributed by atoms with van der Waals surface area (Å²) in [5.41, 5.74) is 9.70. The second-order valence-corrected chi connectivity index (χ2v) is 8.55. The Kier molecular flexibility index (Phi) is 14.1. The minimum Gasteiger partial charge on any atom is -0.508 e. The van der Waals surface area contributed by atoms with Crippen LogP contribution in [0.15, 0.2) is 109 Å².